The minimum atomic E-state index is -0.957. The van der Waals surface area contributed by atoms with Crippen molar-refractivity contribution < 1.29 is 18.3 Å². The van der Waals surface area contributed by atoms with Gasteiger partial charge in [0.15, 0.2) is 0 Å². The Hall–Kier alpha value is -0.490. The van der Waals surface area contributed by atoms with Crippen LogP contribution in [-0.4, -0.2) is 12.6 Å². The van der Waals surface area contributed by atoms with Crippen LogP contribution in [0.15, 0.2) is 15.0 Å². The summed E-state index contributed by atoms with van der Waals surface area (Å²) in [6, 6.07) is 0.626. The van der Waals surface area contributed by atoms with Crippen molar-refractivity contribution >= 4 is 37.8 Å². The van der Waals surface area contributed by atoms with E-state index in [1.807, 2.05) is 0 Å². The number of carbonyl (C=O) groups excluding carboxylic acids is 1. The lowest BCUT2D eigenvalue weighted by Gasteiger charge is -2.07. The Bertz CT molecular complexity index is 408. The number of rotatable bonds is 2. The van der Waals surface area contributed by atoms with Gasteiger partial charge in [0, 0.05) is 6.07 Å². The van der Waals surface area contributed by atoms with Crippen molar-refractivity contribution in [3.63, 3.8) is 0 Å². The predicted molar refractivity (Wildman–Crippen MR) is 57.7 cm³/mol. The van der Waals surface area contributed by atoms with Gasteiger partial charge in [-0.25, -0.2) is 13.6 Å². The Labute approximate surface area is 102 Å². The van der Waals surface area contributed by atoms with Crippen molar-refractivity contribution in [2.45, 2.75) is 6.92 Å². The Morgan fingerprint density at radius 2 is 1.93 bits per heavy atom. The maximum Gasteiger partial charge on any atom is 0.342 e. The second kappa shape index (κ2) is 5.03. The van der Waals surface area contributed by atoms with Crippen molar-refractivity contribution in [1.29, 1.82) is 0 Å². The summed E-state index contributed by atoms with van der Waals surface area (Å²) in [6.07, 6.45) is 0. The molecule has 0 amide bonds. The molecule has 0 spiro atoms. The Morgan fingerprint density at radius 3 is 2.47 bits per heavy atom. The standard InChI is InChI=1S/C9H6Br2F2O2/c1-2-15-9(14)6-4(12)3-5(13)7(10)8(6)11/h3H,2H2,1H3. The van der Waals surface area contributed by atoms with Crippen molar-refractivity contribution in [1.82, 2.24) is 0 Å². The van der Waals surface area contributed by atoms with E-state index in [1.165, 1.54) is 0 Å². The lowest BCUT2D eigenvalue weighted by molar-refractivity contribution is 0.0519. The number of ether oxygens (including phenoxy) is 1. The molecule has 0 aromatic heterocycles. The van der Waals surface area contributed by atoms with Gasteiger partial charge >= 0.3 is 5.97 Å². The fourth-order valence-corrected chi connectivity index (χ4v) is 1.81. The maximum atomic E-state index is 13.3. The van der Waals surface area contributed by atoms with Crippen LogP contribution in [0.4, 0.5) is 8.78 Å². The molecule has 0 aliphatic rings. The van der Waals surface area contributed by atoms with Gasteiger partial charge in [-0.05, 0) is 38.8 Å². The van der Waals surface area contributed by atoms with Crippen LogP contribution in [-0.2, 0) is 4.74 Å². The van der Waals surface area contributed by atoms with Gasteiger partial charge in [-0.3, -0.25) is 0 Å². The fourth-order valence-electron chi connectivity index (χ4n) is 0.957. The van der Waals surface area contributed by atoms with Crippen LogP contribution < -0.4 is 0 Å². The van der Waals surface area contributed by atoms with Crippen LogP contribution in [0.25, 0.3) is 0 Å². The van der Waals surface area contributed by atoms with Crippen LogP contribution >= 0.6 is 31.9 Å². The van der Waals surface area contributed by atoms with Gasteiger partial charge < -0.3 is 4.74 Å². The van der Waals surface area contributed by atoms with E-state index in [1.54, 1.807) is 6.92 Å². The maximum absolute atomic E-state index is 13.3. The first-order chi connectivity index (χ1) is 6.99. The molecule has 6 heteroatoms. The summed E-state index contributed by atoms with van der Waals surface area (Å²) in [7, 11) is 0. The Balaban J connectivity index is 3.29. The highest BCUT2D eigenvalue weighted by molar-refractivity contribution is 9.13. The number of benzene rings is 1. The minimum absolute atomic E-state index is 0.00745. The summed E-state index contributed by atoms with van der Waals surface area (Å²) in [5, 5.41) is 0. The molecule has 0 aliphatic carbocycles. The van der Waals surface area contributed by atoms with E-state index >= 15 is 0 Å². The number of esters is 1. The normalized spacial score (nSPS) is 10.2. The average molecular weight is 344 g/mol. The SMILES string of the molecule is CCOC(=O)c1c(F)cc(F)c(Br)c1Br. The molecule has 1 aromatic carbocycles. The van der Waals surface area contributed by atoms with E-state index in [2.05, 4.69) is 36.6 Å². The van der Waals surface area contributed by atoms with E-state index < -0.39 is 17.6 Å². The third-order valence-corrected chi connectivity index (χ3v) is 3.69. The molecule has 1 aromatic rings. The summed E-state index contributed by atoms with van der Waals surface area (Å²) in [6.45, 7) is 1.72. The average Bonchev–Trinajstić information content (AvgIpc) is 2.15. The van der Waals surface area contributed by atoms with Crippen LogP contribution in [0.2, 0.25) is 0 Å². The molecule has 1 rings (SSSR count). The highest BCUT2D eigenvalue weighted by Gasteiger charge is 2.21. The molecule has 0 bridgehead atoms. The molecule has 0 atom stereocenters. The Kier molecular flexibility index (Phi) is 4.21. The number of hydrogen-bond donors (Lipinski definition) is 0. The van der Waals surface area contributed by atoms with Gasteiger partial charge in [-0.1, -0.05) is 0 Å². The van der Waals surface area contributed by atoms with Crippen LogP contribution in [0.5, 0.6) is 0 Å². The summed E-state index contributed by atoms with van der Waals surface area (Å²) >= 11 is 5.81. The van der Waals surface area contributed by atoms with Gasteiger partial charge in [0.25, 0.3) is 0 Å². The van der Waals surface area contributed by atoms with E-state index in [-0.39, 0.29) is 21.1 Å². The molecule has 0 saturated carbocycles. The van der Waals surface area contributed by atoms with Gasteiger partial charge in [0.1, 0.15) is 17.2 Å². The van der Waals surface area contributed by atoms with Crippen LogP contribution in [0, 0.1) is 11.6 Å². The van der Waals surface area contributed by atoms with Crippen molar-refractivity contribution in [2.75, 3.05) is 6.61 Å². The molecule has 0 saturated heterocycles. The highest BCUT2D eigenvalue weighted by Crippen LogP contribution is 2.31. The first kappa shape index (κ1) is 12.6. The molecular formula is C9H6Br2F2O2. The zero-order chi connectivity index (χ0) is 11.6. The number of carbonyl (C=O) groups is 1. The third kappa shape index (κ3) is 2.55. The van der Waals surface area contributed by atoms with Crippen LogP contribution in [0.1, 0.15) is 17.3 Å². The van der Waals surface area contributed by atoms with E-state index in [4.69, 9.17) is 0 Å². The van der Waals surface area contributed by atoms with Crippen LogP contribution in [0.3, 0.4) is 0 Å². The topological polar surface area (TPSA) is 26.3 Å². The highest BCUT2D eigenvalue weighted by atomic mass is 79.9. The van der Waals surface area contributed by atoms with Crippen molar-refractivity contribution in [3.8, 4) is 0 Å². The van der Waals surface area contributed by atoms with Gasteiger partial charge in [0.05, 0.1) is 15.6 Å². The van der Waals surface area contributed by atoms with Gasteiger partial charge in [0.2, 0.25) is 0 Å². The lowest BCUT2D eigenvalue weighted by atomic mass is 10.2. The van der Waals surface area contributed by atoms with Gasteiger partial charge in [-0.2, -0.15) is 0 Å². The van der Waals surface area contributed by atoms with Crippen molar-refractivity contribution in [3.05, 3.63) is 32.2 Å². The molecule has 2 nitrogen and oxygen atoms in total. The molecule has 0 heterocycles. The largest absolute Gasteiger partial charge is 0.462 e. The second-order valence-corrected chi connectivity index (χ2v) is 4.15. The zero-order valence-corrected chi connectivity index (χ0v) is 10.8. The van der Waals surface area contributed by atoms with Gasteiger partial charge in [-0.15, -0.1) is 0 Å². The second-order valence-electron chi connectivity index (χ2n) is 2.56. The predicted octanol–water partition coefficient (Wildman–Crippen LogP) is 3.67. The number of halogens is 4. The molecule has 0 radical (unpaired) electrons. The quantitative estimate of drug-likeness (QED) is 0.465. The van der Waals surface area contributed by atoms with E-state index in [0.717, 1.165) is 0 Å². The molecule has 0 fully saturated rings. The zero-order valence-electron chi connectivity index (χ0n) is 7.61. The molecular weight excluding hydrogens is 338 g/mol. The molecule has 0 N–H and O–H groups in total. The summed E-state index contributed by atoms with van der Waals surface area (Å²) in [5.74, 6) is -2.57. The fraction of sp³-hybridized carbons (Fsp3) is 0.222. The summed E-state index contributed by atoms with van der Waals surface area (Å²) < 4.78 is 30.9. The Morgan fingerprint density at radius 1 is 1.33 bits per heavy atom. The molecule has 82 valence electrons. The summed E-state index contributed by atoms with van der Waals surface area (Å²) in [4.78, 5) is 11.3. The molecule has 0 aliphatic heterocycles. The first-order valence-electron chi connectivity index (χ1n) is 3.99. The molecule has 15 heavy (non-hydrogen) atoms. The van der Waals surface area contributed by atoms with Crippen molar-refractivity contribution in [2.24, 2.45) is 0 Å². The monoisotopic (exact) mass is 342 g/mol. The minimum Gasteiger partial charge on any atom is -0.462 e. The molecule has 0 unspecified atom stereocenters. The van der Waals surface area contributed by atoms with E-state index in [9.17, 15) is 13.6 Å². The number of hydrogen-bond acceptors (Lipinski definition) is 2. The smallest absolute Gasteiger partial charge is 0.342 e. The third-order valence-electron chi connectivity index (χ3n) is 1.59. The lowest BCUT2D eigenvalue weighted by Crippen LogP contribution is -2.09. The van der Waals surface area contributed by atoms with E-state index in [0.29, 0.717) is 6.07 Å². The summed E-state index contributed by atoms with van der Waals surface area (Å²) in [5.41, 5.74) is -0.315. The first-order valence-corrected chi connectivity index (χ1v) is 5.57.